The molecule has 0 bridgehead atoms. The van der Waals surface area contributed by atoms with Crippen LogP contribution in [0.15, 0.2) is 18.2 Å². The van der Waals surface area contributed by atoms with Crippen LogP contribution in [0.25, 0.3) is 0 Å². The number of fused-ring (bicyclic) bond motifs is 1. The smallest absolute Gasteiger partial charge is 0.251 e. The van der Waals surface area contributed by atoms with E-state index in [9.17, 15) is 9.18 Å². The molecule has 1 heterocycles. The lowest BCUT2D eigenvalue weighted by molar-refractivity contribution is 0.0940. The summed E-state index contributed by atoms with van der Waals surface area (Å²) < 4.78 is 13.3. The minimum absolute atomic E-state index is 0.0638. The van der Waals surface area contributed by atoms with Crippen molar-refractivity contribution in [2.24, 2.45) is 0 Å². The highest BCUT2D eigenvalue weighted by Crippen LogP contribution is 2.25. The zero-order valence-electron chi connectivity index (χ0n) is 7.30. The van der Waals surface area contributed by atoms with Crippen LogP contribution < -0.4 is 5.32 Å². The topological polar surface area (TPSA) is 29.1 Å². The molecule has 1 aromatic rings. The van der Waals surface area contributed by atoms with Gasteiger partial charge in [-0.25, -0.2) is 4.39 Å². The van der Waals surface area contributed by atoms with Crippen molar-refractivity contribution in [1.29, 1.82) is 0 Å². The van der Waals surface area contributed by atoms with Crippen LogP contribution in [0.2, 0.25) is 0 Å². The molecule has 68 valence electrons. The summed E-state index contributed by atoms with van der Waals surface area (Å²) in [5, 5.41) is 2.71. The molecule has 2 rings (SSSR count). The van der Waals surface area contributed by atoms with Crippen LogP contribution >= 0.6 is 0 Å². The fourth-order valence-electron chi connectivity index (χ4n) is 1.68. The number of hydrogen-bond donors (Lipinski definition) is 1. The first kappa shape index (κ1) is 8.23. The second-order valence-electron chi connectivity index (χ2n) is 3.31. The Hall–Kier alpha value is -1.38. The van der Waals surface area contributed by atoms with E-state index in [1.807, 2.05) is 6.92 Å². The molecule has 0 spiro atoms. The third-order valence-corrected chi connectivity index (χ3v) is 2.36. The molecular formula is C10H10FNO. The van der Waals surface area contributed by atoms with Gasteiger partial charge in [-0.05, 0) is 12.1 Å². The lowest BCUT2D eigenvalue weighted by atomic mass is 9.91. The Bertz CT molecular complexity index is 362. The SMILES string of the molecule is CC1CNC(=O)c2cccc(F)c21. The molecule has 1 unspecified atom stereocenters. The maximum atomic E-state index is 13.3. The van der Waals surface area contributed by atoms with Crippen molar-refractivity contribution < 1.29 is 9.18 Å². The van der Waals surface area contributed by atoms with E-state index in [0.717, 1.165) is 0 Å². The van der Waals surface area contributed by atoms with Gasteiger partial charge in [-0.3, -0.25) is 4.79 Å². The van der Waals surface area contributed by atoms with Gasteiger partial charge < -0.3 is 5.32 Å². The minimum atomic E-state index is -0.278. The Balaban J connectivity index is 2.63. The van der Waals surface area contributed by atoms with Gasteiger partial charge in [0.1, 0.15) is 5.82 Å². The maximum absolute atomic E-state index is 13.3. The van der Waals surface area contributed by atoms with E-state index in [4.69, 9.17) is 0 Å². The molecule has 0 saturated heterocycles. The van der Waals surface area contributed by atoms with Crippen LogP contribution in [-0.4, -0.2) is 12.5 Å². The molecule has 0 aliphatic carbocycles. The van der Waals surface area contributed by atoms with Crippen LogP contribution in [0, 0.1) is 5.82 Å². The summed E-state index contributed by atoms with van der Waals surface area (Å²) in [5.41, 5.74) is 1.02. The second-order valence-corrected chi connectivity index (χ2v) is 3.31. The van der Waals surface area contributed by atoms with Crippen LogP contribution in [0.1, 0.15) is 28.8 Å². The van der Waals surface area contributed by atoms with Crippen molar-refractivity contribution in [3.8, 4) is 0 Å². The first-order chi connectivity index (χ1) is 6.20. The number of halogens is 1. The van der Waals surface area contributed by atoms with E-state index in [1.165, 1.54) is 6.07 Å². The number of nitrogens with one attached hydrogen (secondary N) is 1. The first-order valence-corrected chi connectivity index (χ1v) is 4.26. The highest BCUT2D eigenvalue weighted by atomic mass is 19.1. The maximum Gasteiger partial charge on any atom is 0.251 e. The van der Waals surface area contributed by atoms with Crippen LogP contribution in [0.4, 0.5) is 4.39 Å². The standard InChI is InChI=1S/C10H10FNO/c1-6-5-12-10(13)7-3-2-4-8(11)9(6)7/h2-4,6H,5H2,1H3,(H,12,13). The predicted octanol–water partition coefficient (Wildman–Crippen LogP) is 1.67. The van der Waals surface area contributed by atoms with E-state index in [2.05, 4.69) is 5.32 Å². The number of carbonyl (C=O) groups excluding carboxylic acids is 1. The molecule has 3 heteroatoms. The third kappa shape index (κ3) is 1.20. The van der Waals surface area contributed by atoms with Crippen molar-refractivity contribution in [2.45, 2.75) is 12.8 Å². The summed E-state index contributed by atoms with van der Waals surface area (Å²) in [7, 11) is 0. The number of amides is 1. The molecule has 1 N–H and O–H groups in total. The van der Waals surface area contributed by atoms with E-state index in [1.54, 1.807) is 12.1 Å². The van der Waals surface area contributed by atoms with Crippen molar-refractivity contribution in [2.75, 3.05) is 6.54 Å². The van der Waals surface area contributed by atoms with Crippen molar-refractivity contribution in [3.05, 3.63) is 35.1 Å². The molecular weight excluding hydrogens is 169 g/mol. The Morgan fingerprint density at radius 3 is 3.00 bits per heavy atom. The summed E-state index contributed by atoms with van der Waals surface area (Å²) in [6, 6.07) is 4.61. The fraction of sp³-hybridized carbons (Fsp3) is 0.300. The monoisotopic (exact) mass is 179 g/mol. The number of hydrogen-bond acceptors (Lipinski definition) is 1. The van der Waals surface area contributed by atoms with Gasteiger partial charge in [0.25, 0.3) is 5.91 Å². The van der Waals surface area contributed by atoms with E-state index < -0.39 is 0 Å². The van der Waals surface area contributed by atoms with Gasteiger partial charge in [0.15, 0.2) is 0 Å². The Labute approximate surface area is 75.8 Å². The van der Waals surface area contributed by atoms with Crippen LogP contribution in [0.5, 0.6) is 0 Å². The Morgan fingerprint density at radius 2 is 2.31 bits per heavy atom. The van der Waals surface area contributed by atoms with Crippen molar-refractivity contribution in [3.63, 3.8) is 0 Å². The average molecular weight is 179 g/mol. The molecule has 0 radical (unpaired) electrons. The normalized spacial score (nSPS) is 20.8. The van der Waals surface area contributed by atoms with Gasteiger partial charge >= 0.3 is 0 Å². The van der Waals surface area contributed by atoms with Gasteiger partial charge in [0.2, 0.25) is 0 Å². The average Bonchev–Trinajstić information content (AvgIpc) is 2.12. The van der Waals surface area contributed by atoms with Gasteiger partial charge in [0, 0.05) is 23.6 Å². The van der Waals surface area contributed by atoms with Crippen LogP contribution in [0.3, 0.4) is 0 Å². The van der Waals surface area contributed by atoms with Crippen molar-refractivity contribution >= 4 is 5.91 Å². The lowest BCUT2D eigenvalue weighted by Gasteiger charge is -2.22. The number of benzene rings is 1. The molecule has 1 atom stereocenters. The van der Waals surface area contributed by atoms with E-state index in [0.29, 0.717) is 17.7 Å². The van der Waals surface area contributed by atoms with E-state index >= 15 is 0 Å². The largest absolute Gasteiger partial charge is 0.351 e. The number of carbonyl (C=O) groups is 1. The van der Waals surface area contributed by atoms with Gasteiger partial charge in [-0.2, -0.15) is 0 Å². The molecule has 1 amide bonds. The summed E-state index contributed by atoms with van der Waals surface area (Å²) >= 11 is 0. The summed E-state index contributed by atoms with van der Waals surface area (Å²) in [5.74, 6) is -0.388. The molecule has 1 aliphatic heterocycles. The van der Waals surface area contributed by atoms with E-state index in [-0.39, 0.29) is 17.6 Å². The second kappa shape index (κ2) is 2.83. The summed E-state index contributed by atoms with van der Waals surface area (Å²) in [6.45, 7) is 2.42. The third-order valence-electron chi connectivity index (χ3n) is 2.36. The first-order valence-electron chi connectivity index (χ1n) is 4.26. The lowest BCUT2D eigenvalue weighted by Crippen LogP contribution is -2.34. The van der Waals surface area contributed by atoms with Gasteiger partial charge in [-0.15, -0.1) is 0 Å². The van der Waals surface area contributed by atoms with Gasteiger partial charge in [0.05, 0.1) is 0 Å². The molecule has 13 heavy (non-hydrogen) atoms. The van der Waals surface area contributed by atoms with Crippen LogP contribution in [-0.2, 0) is 0 Å². The fourth-order valence-corrected chi connectivity index (χ4v) is 1.68. The Morgan fingerprint density at radius 1 is 1.54 bits per heavy atom. The summed E-state index contributed by atoms with van der Waals surface area (Å²) in [4.78, 5) is 11.3. The van der Waals surface area contributed by atoms with Crippen molar-refractivity contribution in [1.82, 2.24) is 5.32 Å². The zero-order valence-corrected chi connectivity index (χ0v) is 7.30. The highest BCUT2D eigenvalue weighted by molar-refractivity contribution is 5.97. The highest BCUT2D eigenvalue weighted by Gasteiger charge is 2.24. The molecule has 1 aliphatic rings. The molecule has 2 nitrogen and oxygen atoms in total. The zero-order chi connectivity index (χ0) is 9.42. The minimum Gasteiger partial charge on any atom is -0.351 e. The molecule has 0 fully saturated rings. The van der Waals surface area contributed by atoms with Gasteiger partial charge in [-0.1, -0.05) is 13.0 Å². The number of rotatable bonds is 0. The molecule has 0 saturated carbocycles. The Kier molecular flexibility index (Phi) is 1.79. The molecule has 1 aromatic carbocycles. The quantitative estimate of drug-likeness (QED) is 0.645. The predicted molar refractivity (Wildman–Crippen MR) is 47.1 cm³/mol. The summed E-state index contributed by atoms with van der Waals surface area (Å²) in [6.07, 6.45) is 0. The molecule has 0 aromatic heterocycles.